The number of hydrogen-bond donors (Lipinski definition) is 2. The van der Waals surface area contributed by atoms with Crippen LogP contribution in [0.4, 0.5) is 4.79 Å². The third kappa shape index (κ3) is 3.94. The number of carbonyl (C=O) groups is 2. The summed E-state index contributed by atoms with van der Waals surface area (Å²) in [4.78, 5) is 28.4. The van der Waals surface area contributed by atoms with Crippen molar-refractivity contribution in [3.63, 3.8) is 0 Å². The Bertz CT molecular complexity index is 487. The summed E-state index contributed by atoms with van der Waals surface area (Å²) in [5, 5.41) is 15.6. The molecule has 1 aromatic rings. The third-order valence-electron chi connectivity index (χ3n) is 3.31. The molecule has 8 heteroatoms. The average Bonchev–Trinajstić information content (AvgIpc) is 2.81. The fourth-order valence-electron chi connectivity index (χ4n) is 2.39. The quantitative estimate of drug-likeness (QED) is 0.821. The highest BCUT2D eigenvalue weighted by atomic mass is 16.4. The van der Waals surface area contributed by atoms with E-state index in [0.29, 0.717) is 18.9 Å². The van der Waals surface area contributed by atoms with Gasteiger partial charge in [0.25, 0.3) is 0 Å². The molecular formula is C12H19N5O3. The maximum atomic E-state index is 12.0. The van der Waals surface area contributed by atoms with E-state index in [1.807, 2.05) is 0 Å². The summed E-state index contributed by atoms with van der Waals surface area (Å²) in [7, 11) is 1.76. The normalized spacial score (nSPS) is 18.9. The Labute approximate surface area is 116 Å². The largest absolute Gasteiger partial charge is 0.481 e. The van der Waals surface area contributed by atoms with Gasteiger partial charge in [0.1, 0.15) is 6.33 Å². The van der Waals surface area contributed by atoms with E-state index >= 15 is 0 Å². The smallest absolute Gasteiger partial charge is 0.317 e. The molecule has 0 bridgehead atoms. The maximum absolute atomic E-state index is 12.0. The van der Waals surface area contributed by atoms with Gasteiger partial charge < -0.3 is 15.3 Å². The number of aromatic nitrogens is 3. The Hall–Kier alpha value is -2.12. The van der Waals surface area contributed by atoms with Crippen molar-refractivity contribution >= 4 is 12.0 Å². The fraction of sp³-hybridized carbons (Fsp3) is 0.667. The van der Waals surface area contributed by atoms with Gasteiger partial charge in [0.05, 0.1) is 6.54 Å². The molecule has 2 heterocycles. The highest BCUT2D eigenvalue weighted by Crippen LogP contribution is 2.19. The maximum Gasteiger partial charge on any atom is 0.317 e. The predicted octanol–water partition coefficient (Wildman–Crippen LogP) is 0.211. The molecule has 2 N–H and O–H groups in total. The fourth-order valence-corrected chi connectivity index (χ4v) is 2.39. The first-order chi connectivity index (χ1) is 9.54. The number of nitrogens with one attached hydrogen (secondary N) is 1. The van der Waals surface area contributed by atoms with Crippen LogP contribution < -0.4 is 5.32 Å². The van der Waals surface area contributed by atoms with Crippen molar-refractivity contribution in [1.29, 1.82) is 0 Å². The van der Waals surface area contributed by atoms with E-state index < -0.39 is 5.97 Å². The zero-order valence-corrected chi connectivity index (χ0v) is 11.4. The number of carboxylic acids is 1. The molecule has 0 aliphatic carbocycles. The van der Waals surface area contributed by atoms with Gasteiger partial charge in [0, 0.05) is 26.6 Å². The van der Waals surface area contributed by atoms with E-state index in [0.717, 1.165) is 12.8 Å². The molecule has 1 atom stereocenters. The molecular weight excluding hydrogens is 262 g/mol. The van der Waals surface area contributed by atoms with E-state index in [1.165, 1.54) is 0 Å². The average molecular weight is 281 g/mol. The second-order valence-electron chi connectivity index (χ2n) is 5.05. The highest BCUT2D eigenvalue weighted by Gasteiger charge is 2.25. The molecule has 1 aliphatic heterocycles. The Morgan fingerprint density at radius 3 is 3.00 bits per heavy atom. The molecule has 20 heavy (non-hydrogen) atoms. The minimum Gasteiger partial charge on any atom is -0.481 e. The van der Waals surface area contributed by atoms with Crippen molar-refractivity contribution < 1.29 is 14.7 Å². The van der Waals surface area contributed by atoms with Crippen molar-refractivity contribution in [3.05, 3.63) is 12.2 Å². The molecule has 110 valence electrons. The molecule has 1 saturated heterocycles. The lowest BCUT2D eigenvalue weighted by molar-refractivity contribution is -0.138. The van der Waals surface area contributed by atoms with Crippen LogP contribution in [0.2, 0.25) is 0 Å². The number of rotatable bonds is 4. The van der Waals surface area contributed by atoms with Crippen molar-refractivity contribution in [2.75, 3.05) is 13.1 Å². The van der Waals surface area contributed by atoms with Crippen LogP contribution in [0.5, 0.6) is 0 Å². The van der Waals surface area contributed by atoms with E-state index in [9.17, 15) is 9.59 Å². The number of amides is 2. The topological polar surface area (TPSA) is 100 Å². The zero-order valence-electron chi connectivity index (χ0n) is 11.4. The number of likely N-dealkylation sites (tertiary alicyclic amines) is 1. The van der Waals surface area contributed by atoms with Crippen molar-refractivity contribution in [3.8, 4) is 0 Å². The number of hydrogen-bond acceptors (Lipinski definition) is 4. The first-order valence-electron chi connectivity index (χ1n) is 6.63. The Morgan fingerprint density at radius 2 is 2.35 bits per heavy atom. The number of carboxylic acid groups (broad SMARTS) is 1. The third-order valence-corrected chi connectivity index (χ3v) is 3.31. The summed E-state index contributed by atoms with van der Waals surface area (Å²) in [6, 6.07) is -0.187. The Kier molecular flexibility index (Phi) is 4.54. The molecule has 2 rings (SSSR count). The Morgan fingerprint density at radius 1 is 1.55 bits per heavy atom. The van der Waals surface area contributed by atoms with Crippen LogP contribution in [0.1, 0.15) is 25.1 Å². The van der Waals surface area contributed by atoms with Crippen LogP contribution in [0, 0.1) is 5.92 Å². The van der Waals surface area contributed by atoms with Gasteiger partial charge in [-0.1, -0.05) is 0 Å². The lowest BCUT2D eigenvalue weighted by Crippen LogP contribution is -2.45. The molecule has 0 aromatic carbocycles. The number of piperidine rings is 1. The van der Waals surface area contributed by atoms with Gasteiger partial charge in [0.15, 0.2) is 5.82 Å². The van der Waals surface area contributed by atoms with Gasteiger partial charge in [-0.25, -0.2) is 9.78 Å². The Balaban J connectivity index is 1.81. The molecule has 1 fully saturated rings. The highest BCUT2D eigenvalue weighted by molar-refractivity contribution is 5.74. The van der Waals surface area contributed by atoms with Crippen LogP contribution in [0.25, 0.3) is 0 Å². The van der Waals surface area contributed by atoms with Crippen LogP contribution in [-0.2, 0) is 18.4 Å². The van der Waals surface area contributed by atoms with Crippen molar-refractivity contribution in [1.82, 2.24) is 25.0 Å². The SMILES string of the molecule is Cn1cnc(CNC(=O)N2CCCC(CC(=O)O)C2)n1. The minimum atomic E-state index is -0.810. The molecule has 1 unspecified atom stereocenters. The van der Waals surface area contributed by atoms with Gasteiger partial charge in [-0.3, -0.25) is 9.48 Å². The summed E-state index contributed by atoms with van der Waals surface area (Å²) in [5.74, 6) is -0.213. The summed E-state index contributed by atoms with van der Waals surface area (Å²) in [5.41, 5.74) is 0. The molecule has 0 saturated carbocycles. The van der Waals surface area contributed by atoms with E-state index in [4.69, 9.17) is 5.11 Å². The van der Waals surface area contributed by atoms with Crippen LogP contribution in [0.3, 0.4) is 0 Å². The first kappa shape index (κ1) is 14.3. The summed E-state index contributed by atoms with van der Waals surface area (Å²) in [6.45, 7) is 1.44. The lowest BCUT2D eigenvalue weighted by atomic mass is 9.95. The van der Waals surface area contributed by atoms with Gasteiger partial charge >= 0.3 is 12.0 Å². The number of carbonyl (C=O) groups excluding carboxylic acids is 1. The molecule has 8 nitrogen and oxygen atoms in total. The van der Waals surface area contributed by atoms with Gasteiger partial charge in [0.2, 0.25) is 0 Å². The summed E-state index contributed by atoms with van der Waals surface area (Å²) >= 11 is 0. The standard InChI is InChI=1S/C12H19N5O3/c1-16-8-14-10(15-16)6-13-12(20)17-4-2-3-9(7-17)5-11(18)19/h8-9H,2-7H2,1H3,(H,13,20)(H,18,19). The van der Waals surface area contributed by atoms with Crippen LogP contribution in [-0.4, -0.2) is 49.9 Å². The molecule has 1 aromatic heterocycles. The number of aryl methyl sites for hydroxylation is 1. The minimum absolute atomic E-state index is 0.0416. The molecule has 0 spiro atoms. The van der Waals surface area contributed by atoms with E-state index in [-0.39, 0.29) is 24.9 Å². The van der Waals surface area contributed by atoms with Gasteiger partial charge in [-0.2, -0.15) is 5.10 Å². The summed E-state index contributed by atoms with van der Waals surface area (Å²) < 4.78 is 1.57. The second kappa shape index (κ2) is 6.36. The number of nitrogens with zero attached hydrogens (tertiary/aromatic N) is 4. The van der Waals surface area contributed by atoms with Crippen LogP contribution >= 0.6 is 0 Å². The molecule has 0 radical (unpaired) electrons. The lowest BCUT2D eigenvalue weighted by Gasteiger charge is -2.32. The predicted molar refractivity (Wildman–Crippen MR) is 69.8 cm³/mol. The zero-order chi connectivity index (χ0) is 14.5. The van der Waals surface area contributed by atoms with Crippen LogP contribution in [0.15, 0.2) is 6.33 Å². The second-order valence-corrected chi connectivity index (χ2v) is 5.05. The molecule has 2 amide bonds. The van der Waals surface area contributed by atoms with E-state index in [1.54, 1.807) is 23.0 Å². The van der Waals surface area contributed by atoms with Crippen molar-refractivity contribution in [2.24, 2.45) is 13.0 Å². The molecule has 1 aliphatic rings. The van der Waals surface area contributed by atoms with Gasteiger partial charge in [-0.05, 0) is 18.8 Å². The van der Waals surface area contributed by atoms with Gasteiger partial charge in [-0.15, -0.1) is 0 Å². The van der Waals surface area contributed by atoms with Crippen molar-refractivity contribution in [2.45, 2.75) is 25.8 Å². The number of aliphatic carboxylic acids is 1. The number of urea groups is 1. The monoisotopic (exact) mass is 281 g/mol. The van der Waals surface area contributed by atoms with E-state index in [2.05, 4.69) is 15.4 Å². The summed E-state index contributed by atoms with van der Waals surface area (Å²) in [6.07, 6.45) is 3.39. The first-order valence-corrected chi connectivity index (χ1v) is 6.63.